The predicted octanol–water partition coefficient (Wildman–Crippen LogP) is 3.09. The molecule has 0 aliphatic rings. The molecule has 2 N–H and O–H groups in total. The van der Waals surface area contributed by atoms with E-state index in [2.05, 4.69) is 11.1 Å². The van der Waals surface area contributed by atoms with Gasteiger partial charge in [0, 0.05) is 17.4 Å². The van der Waals surface area contributed by atoms with Crippen LogP contribution in [0.15, 0.2) is 34.1 Å². The number of methoxy groups -OCH3 is 1. The van der Waals surface area contributed by atoms with Crippen molar-refractivity contribution in [2.45, 2.75) is 25.1 Å². The highest BCUT2D eigenvalue weighted by atomic mass is 32.2. The Bertz CT molecular complexity index is 554. The molecule has 0 amide bonds. The fourth-order valence-electron chi connectivity index (χ4n) is 1.79. The summed E-state index contributed by atoms with van der Waals surface area (Å²) in [5.74, 6) is 1.52. The lowest BCUT2D eigenvalue weighted by Gasteiger charge is -2.15. The summed E-state index contributed by atoms with van der Waals surface area (Å²) in [4.78, 5) is 4.25. The summed E-state index contributed by atoms with van der Waals surface area (Å²) >= 11 is 1.51. The Kier molecular flexibility index (Phi) is 4.50. The van der Waals surface area contributed by atoms with Gasteiger partial charge in [-0.05, 0) is 19.9 Å². The van der Waals surface area contributed by atoms with E-state index in [4.69, 9.17) is 14.9 Å². The van der Waals surface area contributed by atoms with E-state index in [1.54, 1.807) is 13.4 Å². The molecule has 1 atom stereocenters. The molecule has 0 saturated heterocycles. The van der Waals surface area contributed by atoms with Gasteiger partial charge in [-0.25, -0.2) is 4.98 Å². The molecule has 1 heterocycles. The number of aromatic nitrogens is 1. The molecule has 0 bridgehead atoms. The van der Waals surface area contributed by atoms with Gasteiger partial charge in [-0.15, -0.1) is 0 Å². The Morgan fingerprint density at radius 2 is 2.21 bits per heavy atom. The monoisotopic (exact) mass is 278 g/mol. The number of aryl methyl sites for hydroxylation is 2. The highest BCUT2D eigenvalue weighted by Crippen LogP contribution is 2.29. The largest absolute Gasteiger partial charge is 0.496 e. The summed E-state index contributed by atoms with van der Waals surface area (Å²) in [7, 11) is 1.66. The van der Waals surface area contributed by atoms with Crippen molar-refractivity contribution in [1.82, 2.24) is 4.98 Å². The van der Waals surface area contributed by atoms with Crippen LogP contribution in [0.1, 0.15) is 22.9 Å². The first-order valence-corrected chi connectivity index (χ1v) is 7.03. The zero-order valence-electron chi connectivity index (χ0n) is 11.3. The summed E-state index contributed by atoms with van der Waals surface area (Å²) < 4.78 is 10.6. The zero-order valence-corrected chi connectivity index (χ0v) is 12.2. The molecule has 19 heavy (non-hydrogen) atoms. The van der Waals surface area contributed by atoms with Crippen molar-refractivity contribution in [3.63, 3.8) is 0 Å². The average Bonchev–Trinajstić information content (AvgIpc) is 2.81. The number of thioether (sulfide) groups is 1. The quantitative estimate of drug-likeness (QED) is 0.852. The van der Waals surface area contributed by atoms with E-state index in [9.17, 15) is 0 Å². The van der Waals surface area contributed by atoms with Crippen LogP contribution in [0.2, 0.25) is 0 Å². The Hall–Kier alpha value is -1.46. The zero-order chi connectivity index (χ0) is 13.8. The third-order valence-electron chi connectivity index (χ3n) is 2.77. The Morgan fingerprint density at radius 3 is 2.84 bits per heavy atom. The predicted molar refractivity (Wildman–Crippen MR) is 76.6 cm³/mol. The van der Waals surface area contributed by atoms with Gasteiger partial charge in [0.15, 0.2) is 0 Å². The van der Waals surface area contributed by atoms with E-state index in [-0.39, 0.29) is 6.04 Å². The Balaban J connectivity index is 2.06. The first-order chi connectivity index (χ1) is 9.10. The number of oxazole rings is 1. The third-order valence-corrected chi connectivity index (χ3v) is 3.73. The Labute approximate surface area is 117 Å². The van der Waals surface area contributed by atoms with Gasteiger partial charge in [-0.2, -0.15) is 0 Å². The maximum absolute atomic E-state index is 6.22. The van der Waals surface area contributed by atoms with E-state index >= 15 is 0 Å². The molecule has 1 aromatic carbocycles. The number of hydrogen-bond acceptors (Lipinski definition) is 5. The van der Waals surface area contributed by atoms with Gasteiger partial charge in [0.25, 0.3) is 5.22 Å². The molecule has 0 spiro atoms. The van der Waals surface area contributed by atoms with E-state index < -0.39 is 0 Å². The molecule has 0 radical (unpaired) electrons. The average molecular weight is 278 g/mol. The van der Waals surface area contributed by atoms with E-state index in [1.807, 2.05) is 26.0 Å². The highest BCUT2D eigenvalue weighted by Gasteiger charge is 2.14. The molecule has 0 aliphatic heterocycles. The number of nitrogens with zero attached hydrogens (tertiary/aromatic N) is 1. The van der Waals surface area contributed by atoms with Crippen LogP contribution in [-0.2, 0) is 0 Å². The first-order valence-electron chi connectivity index (χ1n) is 6.05. The molecule has 0 fully saturated rings. The molecule has 2 aromatic rings. The molecule has 1 unspecified atom stereocenters. The summed E-state index contributed by atoms with van der Waals surface area (Å²) in [5, 5.41) is 0.652. The van der Waals surface area contributed by atoms with E-state index in [0.29, 0.717) is 11.0 Å². The minimum atomic E-state index is -0.118. The van der Waals surface area contributed by atoms with Gasteiger partial charge in [-0.3, -0.25) is 0 Å². The molecule has 2 rings (SSSR count). The van der Waals surface area contributed by atoms with Gasteiger partial charge in [-0.1, -0.05) is 29.5 Å². The molecule has 0 saturated carbocycles. The fraction of sp³-hybridized carbons (Fsp3) is 0.357. The molecule has 102 valence electrons. The van der Waals surface area contributed by atoms with Crippen molar-refractivity contribution in [2.75, 3.05) is 12.9 Å². The van der Waals surface area contributed by atoms with Crippen LogP contribution < -0.4 is 10.5 Å². The summed E-state index contributed by atoms with van der Waals surface area (Å²) in [6, 6.07) is 5.90. The minimum Gasteiger partial charge on any atom is -0.496 e. The van der Waals surface area contributed by atoms with Gasteiger partial charge in [0.2, 0.25) is 0 Å². The summed E-state index contributed by atoms with van der Waals surface area (Å²) in [5.41, 5.74) is 9.29. The molecule has 4 nitrogen and oxygen atoms in total. The lowest BCUT2D eigenvalue weighted by Crippen LogP contribution is -2.14. The van der Waals surface area contributed by atoms with Crippen LogP contribution in [0.25, 0.3) is 0 Å². The Morgan fingerprint density at radius 1 is 1.42 bits per heavy atom. The van der Waals surface area contributed by atoms with Crippen molar-refractivity contribution in [3.8, 4) is 5.75 Å². The topological polar surface area (TPSA) is 61.3 Å². The lowest BCUT2D eigenvalue weighted by molar-refractivity contribution is 0.407. The minimum absolute atomic E-state index is 0.118. The van der Waals surface area contributed by atoms with Crippen molar-refractivity contribution < 1.29 is 9.15 Å². The maximum atomic E-state index is 6.22. The number of nitrogens with two attached hydrogens (primary N) is 1. The van der Waals surface area contributed by atoms with Crippen molar-refractivity contribution in [1.29, 1.82) is 0 Å². The number of hydrogen-bond donors (Lipinski definition) is 1. The second kappa shape index (κ2) is 6.12. The van der Waals surface area contributed by atoms with Crippen molar-refractivity contribution >= 4 is 11.8 Å². The molecular formula is C14H18N2O2S. The normalized spacial score (nSPS) is 12.4. The fourth-order valence-corrected chi connectivity index (χ4v) is 2.62. The smallest absolute Gasteiger partial charge is 0.255 e. The van der Waals surface area contributed by atoms with Crippen LogP contribution >= 0.6 is 11.8 Å². The second-order valence-corrected chi connectivity index (χ2v) is 5.39. The molecule has 0 aliphatic carbocycles. The van der Waals surface area contributed by atoms with Crippen molar-refractivity contribution in [2.24, 2.45) is 5.73 Å². The third kappa shape index (κ3) is 3.52. The van der Waals surface area contributed by atoms with Crippen molar-refractivity contribution in [3.05, 3.63) is 41.3 Å². The summed E-state index contributed by atoms with van der Waals surface area (Å²) in [6.07, 6.45) is 1.64. The highest BCUT2D eigenvalue weighted by molar-refractivity contribution is 7.99. The van der Waals surface area contributed by atoms with Crippen LogP contribution in [0.4, 0.5) is 0 Å². The van der Waals surface area contributed by atoms with Gasteiger partial charge < -0.3 is 14.9 Å². The van der Waals surface area contributed by atoms with E-state index in [1.165, 1.54) is 17.3 Å². The van der Waals surface area contributed by atoms with E-state index in [0.717, 1.165) is 17.0 Å². The molecule has 5 heteroatoms. The summed E-state index contributed by atoms with van der Waals surface area (Å²) in [6.45, 7) is 3.94. The number of rotatable bonds is 5. The van der Waals surface area contributed by atoms with Crippen LogP contribution in [0, 0.1) is 13.8 Å². The lowest BCUT2D eigenvalue weighted by atomic mass is 10.1. The molecule has 1 aromatic heterocycles. The van der Waals surface area contributed by atoms with Crippen LogP contribution in [0.3, 0.4) is 0 Å². The molecular weight excluding hydrogens is 260 g/mol. The van der Waals surface area contributed by atoms with Gasteiger partial charge >= 0.3 is 0 Å². The standard InChI is InChI=1S/C14H18N2O2S/c1-9-4-5-13(17-3)11(6-9)12(15)8-19-14-16-10(2)7-18-14/h4-7,12H,8,15H2,1-3H3. The van der Waals surface area contributed by atoms with Gasteiger partial charge in [0.05, 0.1) is 12.8 Å². The SMILES string of the molecule is COc1ccc(C)cc1C(N)CSc1nc(C)co1. The van der Waals surface area contributed by atoms with Crippen LogP contribution in [0.5, 0.6) is 5.75 Å². The van der Waals surface area contributed by atoms with Gasteiger partial charge in [0.1, 0.15) is 12.0 Å². The number of ether oxygens (including phenoxy) is 1. The maximum Gasteiger partial charge on any atom is 0.255 e. The second-order valence-electron chi connectivity index (χ2n) is 4.42. The number of benzene rings is 1. The first kappa shape index (κ1) is 14.0. The van der Waals surface area contributed by atoms with Crippen LogP contribution in [-0.4, -0.2) is 17.8 Å².